The number of rotatable bonds is 4. The molecule has 2 aromatic rings. The number of urea groups is 1. The Hall–Kier alpha value is -3.26. The van der Waals surface area contributed by atoms with Gasteiger partial charge in [-0.2, -0.15) is 0 Å². The summed E-state index contributed by atoms with van der Waals surface area (Å²) < 4.78 is 0. The van der Waals surface area contributed by atoms with Gasteiger partial charge in [-0.15, -0.1) is 0 Å². The summed E-state index contributed by atoms with van der Waals surface area (Å²) in [5.41, 5.74) is 2.00. The fourth-order valence-corrected chi connectivity index (χ4v) is 4.30. The van der Waals surface area contributed by atoms with Crippen LogP contribution in [0.4, 0.5) is 10.5 Å². The summed E-state index contributed by atoms with van der Waals surface area (Å²) in [6, 6.07) is 9.88. The van der Waals surface area contributed by atoms with Crippen LogP contribution in [-0.2, 0) is 0 Å². The highest BCUT2D eigenvalue weighted by Crippen LogP contribution is 2.34. The molecule has 0 saturated carbocycles. The maximum Gasteiger partial charge on any atom is 0.329 e. The Bertz CT molecular complexity index is 960. The standard InChI is InChI=1S/C21H23N7O/c1-14(18-11-22-7-8-24-18)16-9-23-10-17(16)20-25-19-12-27(13-28(19)21(29)26-20)15-5-3-2-4-6-15/h2-8,11-12,14,16-17,23H,9-10,13H2,1H3,(H,25,26,29). The van der Waals surface area contributed by atoms with Gasteiger partial charge < -0.3 is 10.2 Å². The van der Waals surface area contributed by atoms with Gasteiger partial charge in [0.15, 0.2) is 5.82 Å². The molecule has 5 rings (SSSR count). The second-order valence-electron chi connectivity index (χ2n) is 7.64. The molecule has 8 heteroatoms. The number of nitrogens with one attached hydrogen (secondary N) is 2. The van der Waals surface area contributed by atoms with Crippen LogP contribution in [0, 0.1) is 11.8 Å². The third kappa shape index (κ3) is 3.25. The number of para-hydroxylation sites is 1. The van der Waals surface area contributed by atoms with Gasteiger partial charge in [0.1, 0.15) is 12.5 Å². The quantitative estimate of drug-likeness (QED) is 0.837. The fourth-order valence-electron chi connectivity index (χ4n) is 4.30. The van der Waals surface area contributed by atoms with E-state index in [-0.39, 0.29) is 23.8 Å². The number of carbonyl (C=O) groups excluding carboxylic acids is 1. The number of hydrogen-bond donors (Lipinski definition) is 2. The van der Waals surface area contributed by atoms with Gasteiger partial charge in [0.05, 0.1) is 5.69 Å². The molecule has 0 aliphatic carbocycles. The maximum absolute atomic E-state index is 12.8. The monoisotopic (exact) mass is 389 g/mol. The minimum atomic E-state index is -0.127. The number of carbonyl (C=O) groups is 1. The van der Waals surface area contributed by atoms with Gasteiger partial charge in [0, 0.05) is 48.9 Å². The molecule has 3 aliphatic rings. The molecule has 3 atom stereocenters. The fraction of sp³-hybridized carbons (Fsp3) is 0.333. The highest BCUT2D eigenvalue weighted by Gasteiger charge is 2.40. The van der Waals surface area contributed by atoms with Crippen molar-refractivity contribution in [2.24, 2.45) is 16.8 Å². The molecular weight excluding hydrogens is 366 g/mol. The molecule has 1 aromatic heterocycles. The van der Waals surface area contributed by atoms with E-state index in [1.807, 2.05) is 47.6 Å². The zero-order chi connectivity index (χ0) is 19.8. The minimum Gasteiger partial charge on any atom is -0.326 e. The third-order valence-corrected chi connectivity index (χ3v) is 5.95. The maximum atomic E-state index is 12.8. The van der Waals surface area contributed by atoms with Crippen LogP contribution >= 0.6 is 0 Å². The number of aliphatic imine (C=N–C) groups is 1. The van der Waals surface area contributed by atoms with E-state index in [0.717, 1.165) is 30.3 Å². The van der Waals surface area contributed by atoms with Crippen LogP contribution in [0.5, 0.6) is 0 Å². The van der Waals surface area contributed by atoms with Crippen LogP contribution in [0.3, 0.4) is 0 Å². The second-order valence-corrected chi connectivity index (χ2v) is 7.64. The average Bonchev–Trinajstić information content (AvgIpc) is 3.42. The number of anilines is 1. The number of amides is 2. The summed E-state index contributed by atoms with van der Waals surface area (Å²) >= 11 is 0. The first kappa shape index (κ1) is 17.8. The highest BCUT2D eigenvalue weighted by atomic mass is 16.2. The van der Waals surface area contributed by atoms with E-state index in [4.69, 9.17) is 4.99 Å². The Morgan fingerprint density at radius 1 is 1.17 bits per heavy atom. The van der Waals surface area contributed by atoms with E-state index in [2.05, 4.69) is 27.5 Å². The molecular formula is C21H23N7O. The molecule has 0 spiro atoms. The first-order chi connectivity index (χ1) is 14.2. The molecule has 4 heterocycles. The third-order valence-electron chi connectivity index (χ3n) is 5.95. The van der Waals surface area contributed by atoms with Crippen molar-refractivity contribution in [2.45, 2.75) is 12.8 Å². The molecule has 3 aliphatic heterocycles. The van der Waals surface area contributed by atoms with Crippen molar-refractivity contribution in [3.63, 3.8) is 0 Å². The van der Waals surface area contributed by atoms with E-state index in [9.17, 15) is 4.79 Å². The molecule has 2 N–H and O–H groups in total. The predicted octanol–water partition coefficient (Wildman–Crippen LogP) is 2.12. The number of benzene rings is 1. The smallest absolute Gasteiger partial charge is 0.326 e. The number of hydrogen-bond acceptors (Lipinski definition) is 6. The van der Waals surface area contributed by atoms with E-state index < -0.39 is 0 Å². The van der Waals surface area contributed by atoms with Gasteiger partial charge in [-0.25, -0.2) is 9.79 Å². The molecule has 148 valence electrons. The number of fused-ring (bicyclic) bond motifs is 1. The summed E-state index contributed by atoms with van der Waals surface area (Å²) in [5, 5.41) is 6.49. The van der Waals surface area contributed by atoms with E-state index in [0.29, 0.717) is 12.5 Å². The van der Waals surface area contributed by atoms with Gasteiger partial charge >= 0.3 is 6.03 Å². The summed E-state index contributed by atoms with van der Waals surface area (Å²) in [5.74, 6) is 2.03. The average molecular weight is 389 g/mol. The molecule has 1 fully saturated rings. The highest BCUT2D eigenvalue weighted by molar-refractivity contribution is 6.02. The first-order valence-electron chi connectivity index (χ1n) is 9.88. The van der Waals surface area contributed by atoms with Crippen LogP contribution in [0.1, 0.15) is 18.5 Å². The van der Waals surface area contributed by atoms with Crippen LogP contribution in [0.25, 0.3) is 0 Å². The molecule has 3 unspecified atom stereocenters. The Balaban J connectivity index is 1.41. The van der Waals surface area contributed by atoms with Crippen molar-refractivity contribution in [1.82, 2.24) is 25.5 Å². The molecule has 1 aromatic carbocycles. The van der Waals surface area contributed by atoms with Crippen molar-refractivity contribution in [1.29, 1.82) is 0 Å². The van der Waals surface area contributed by atoms with Crippen molar-refractivity contribution in [3.05, 3.63) is 66.6 Å². The topological polar surface area (TPSA) is 85.8 Å². The zero-order valence-corrected chi connectivity index (χ0v) is 16.2. The van der Waals surface area contributed by atoms with Crippen molar-refractivity contribution in [3.8, 4) is 0 Å². The van der Waals surface area contributed by atoms with Gasteiger partial charge in [0.2, 0.25) is 0 Å². The lowest BCUT2D eigenvalue weighted by molar-refractivity contribution is 0.216. The van der Waals surface area contributed by atoms with E-state index >= 15 is 0 Å². The normalized spacial score (nSPS) is 24.7. The molecule has 0 radical (unpaired) electrons. The van der Waals surface area contributed by atoms with Crippen molar-refractivity contribution < 1.29 is 4.79 Å². The zero-order valence-electron chi connectivity index (χ0n) is 16.2. The summed E-state index contributed by atoms with van der Waals surface area (Å²) in [6.45, 7) is 4.27. The van der Waals surface area contributed by atoms with Crippen LogP contribution in [0.2, 0.25) is 0 Å². The van der Waals surface area contributed by atoms with Gasteiger partial charge in [-0.05, 0) is 24.6 Å². The van der Waals surface area contributed by atoms with Crippen molar-refractivity contribution in [2.75, 3.05) is 24.7 Å². The Kier molecular flexibility index (Phi) is 4.48. The summed E-state index contributed by atoms with van der Waals surface area (Å²) in [6.07, 6.45) is 7.17. The number of nitrogens with zero attached hydrogens (tertiary/aromatic N) is 5. The SMILES string of the molecule is CC(c1cnccn1)C1CNCC1C1=NC2=CN(c3ccccc3)CN2C(=O)N1. The van der Waals surface area contributed by atoms with Gasteiger partial charge in [-0.3, -0.25) is 20.2 Å². The second kappa shape index (κ2) is 7.29. The Morgan fingerprint density at radius 3 is 2.83 bits per heavy atom. The molecule has 29 heavy (non-hydrogen) atoms. The molecule has 8 nitrogen and oxygen atoms in total. The Labute approximate surface area is 169 Å². The van der Waals surface area contributed by atoms with E-state index in [1.54, 1.807) is 17.3 Å². The molecule has 0 bridgehead atoms. The lowest BCUT2D eigenvalue weighted by atomic mass is 9.82. The van der Waals surface area contributed by atoms with Gasteiger partial charge in [0.25, 0.3) is 0 Å². The van der Waals surface area contributed by atoms with Crippen LogP contribution < -0.4 is 15.5 Å². The summed E-state index contributed by atoms with van der Waals surface area (Å²) in [7, 11) is 0. The van der Waals surface area contributed by atoms with Crippen LogP contribution in [-0.4, -0.2) is 46.5 Å². The minimum absolute atomic E-state index is 0.116. The largest absolute Gasteiger partial charge is 0.329 e. The first-order valence-corrected chi connectivity index (χ1v) is 9.88. The number of aromatic nitrogens is 2. The molecule has 2 amide bonds. The summed E-state index contributed by atoms with van der Waals surface area (Å²) in [4.78, 5) is 30.0. The van der Waals surface area contributed by atoms with Crippen LogP contribution in [0.15, 0.2) is 65.9 Å². The van der Waals surface area contributed by atoms with E-state index in [1.165, 1.54) is 0 Å². The lowest BCUT2D eigenvalue weighted by Gasteiger charge is -2.30. The predicted molar refractivity (Wildman–Crippen MR) is 110 cm³/mol. The Morgan fingerprint density at radius 2 is 2.03 bits per heavy atom. The van der Waals surface area contributed by atoms with Gasteiger partial charge in [-0.1, -0.05) is 25.1 Å². The van der Waals surface area contributed by atoms with Crippen molar-refractivity contribution >= 4 is 17.6 Å². The molecule has 1 saturated heterocycles. The lowest BCUT2D eigenvalue weighted by Crippen LogP contribution is -2.50. The number of amidine groups is 1.